The highest BCUT2D eigenvalue weighted by Crippen LogP contribution is 2.17. The highest BCUT2D eigenvalue weighted by atomic mass is 16.5. The van der Waals surface area contributed by atoms with E-state index in [-0.39, 0.29) is 18.4 Å². The fourth-order valence-electron chi connectivity index (χ4n) is 1.69. The van der Waals surface area contributed by atoms with Crippen molar-refractivity contribution in [3.8, 4) is 11.5 Å². The van der Waals surface area contributed by atoms with Gasteiger partial charge in [-0.15, -0.1) is 0 Å². The maximum absolute atomic E-state index is 11.6. The summed E-state index contributed by atoms with van der Waals surface area (Å²) in [5, 5.41) is 5.28. The standard InChI is InChI=1S/C16H24N2O4/c1-3-10-17-16(20)12-18-15(19)5-4-11-22-14-8-6-13(21-2)7-9-14/h6-9H,3-5,10-12H2,1-2H3,(H,17,20)(H,18,19). The molecule has 0 fully saturated rings. The van der Waals surface area contributed by atoms with Crippen molar-refractivity contribution >= 4 is 11.8 Å². The molecule has 1 rings (SSSR count). The quantitative estimate of drug-likeness (QED) is 0.642. The van der Waals surface area contributed by atoms with Gasteiger partial charge in [-0.25, -0.2) is 0 Å². The number of hydrogen-bond donors (Lipinski definition) is 2. The number of methoxy groups -OCH3 is 1. The predicted molar refractivity (Wildman–Crippen MR) is 84.0 cm³/mol. The van der Waals surface area contributed by atoms with Crippen molar-refractivity contribution in [1.82, 2.24) is 10.6 Å². The summed E-state index contributed by atoms with van der Waals surface area (Å²) in [7, 11) is 1.61. The number of hydrogen-bond acceptors (Lipinski definition) is 4. The van der Waals surface area contributed by atoms with E-state index in [0.717, 1.165) is 17.9 Å². The highest BCUT2D eigenvalue weighted by molar-refractivity contribution is 5.84. The van der Waals surface area contributed by atoms with Gasteiger partial charge in [-0.2, -0.15) is 0 Å². The average Bonchev–Trinajstić information content (AvgIpc) is 2.55. The number of benzene rings is 1. The molecule has 1 aromatic rings. The summed E-state index contributed by atoms with van der Waals surface area (Å²) >= 11 is 0. The van der Waals surface area contributed by atoms with Crippen LogP contribution in [0.4, 0.5) is 0 Å². The molecule has 2 amide bonds. The molecule has 0 heterocycles. The number of ether oxygens (including phenoxy) is 2. The lowest BCUT2D eigenvalue weighted by Crippen LogP contribution is -2.37. The number of rotatable bonds is 10. The van der Waals surface area contributed by atoms with Crippen LogP contribution in [0.2, 0.25) is 0 Å². The lowest BCUT2D eigenvalue weighted by atomic mass is 10.3. The molecule has 6 nitrogen and oxygen atoms in total. The topological polar surface area (TPSA) is 76.7 Å². The summed E-state index contributed by atoms with van der Waals surface area (Å²) in [5.74, 6) is 1.20. The summed E-state index contributed by atoms with van der Waals surface area (Å²) < 4.78 is 10.6. The Labute approximate surface area is 131 Å². The van der Waals surface area contributed by atoms with Crippen molar-refractivity contribution in [3.63, 3.8) is 0 Å². The third-order valence-corrected chi connectivity index (χ3v) is 2.89. The summed E-state index contributed by atoms with van der Waals surface area (Å²) in [6.07, 6.45) is 1.80. The van der Waals surface area contributed by atoms with Crippen LogP contribution < -0.4 is 20.1 Å². The van der Waals surface area contributed by atoms with Crippen molar-refractivity contribution in [2.24, 2.45) is 0 Å². The number of carbonyl (C=O) groups is 2. The lowest BCUT2D eigenvalue weighted by Gasteiger charge is -2.08. The molecule has 2 N–H and O–H groups in total. The zero-order valence-corrected chi connectivity index (χ0v) is 13.2. The highest BCUT2D eigenvalue weighted by Gasteiger charge is 2.05. The molecule has 0 aromatic heterocycles. The monoisotopic (exact) mass is 308 g/mol. The van der Waals surface area contributed by atoms with Crippen LogP contribution in [0.5, 0.6) is 11.5 Å². The van der Waals surface area contributed by atoms with E-state index < -0.39 is 0 Å². The second-order valence-electron chi connectivity index (χ2n) is 4.75. The van der Waals surface area contributed by atoms with Crippen molar-refractivity contribution in [1.29, 1.82) is 0 Å². The fourth-order valence-corrected chi connectivity index (χ4v) is 1.69. The first-order valence-electron chi connectivity index (χ1n) is 7.46. The van der Waals surface area contributed by atoms with Gasteiger partial charge in [-0.3, -0.25) is 9.59 Å². The molecule has 1 aromatic carbocycles. The summed E-state index contributed by atoms with van der Waals surface area (Å²) in [5.41, 5.74) is 0. The van der Waals surface area contributed by atoms with Gasteiger partial charge in [0.1, 0.15) is 11.5 Å². The molecule has 0 bridgehead atoms. The van der Waals surface area contributed by atoms with E-state index in [9.17, 15) is 9.59 Å². The largest absolute Gasteiger partial charge is 0.497 e. The Morgan fingerprint density at radius 1 is 1.05 bits per heavy atom. The summed E-state index contributed by atoms with van der Waals surface area (Å²) in [4.78, 5) is 22.9. The molecule has 0 saturated carbocycles. The fraction of sp³-hybridized carbons (Fsp3) is 0.500. The zero-order chi connectivity index (χ0) is 16.2. The van der Waals surface area contributed by atoms with Gasteiger partial charge in [0.25, 0.3) is 0 Å². The van der Waals surface area contributed by atoms with Crippen LogP contribution in [-0.2, 0) is 9.59 Å². The molecular weight excluding hydrogens is 284 g/mol. The van der Waals surface area contributed by atoms with E-state index in [1.165, 1.54) is 0 Å². The molecule has 0 radical (unpaired) electrons. The Balaban J connectivity index is 2.10. The average molecular weight is 308 g/mol. The zero-order valence-electron chi connectivity index (χ0n) is 13.2. The number of amides is 2. The number of carbonyl (C=O) groups excluding carboxylic acids is 2. The van der Waals surface area contributed by atoms with Gasteiger partial charge < -0.3 is 20.1 Å². The van der Waals surface area contributed by atoms with E-state index in [0.29, 0.717) is 26.0 Å². The molecule has 0 aliphatic heterocycles. The van der Waals surface area contributed by atoms with E-state index in [4.69, 9.17) is 9.47 Å². The summed E-state index contributed by atoms with van der Waals surface area (Å²) in [6, 6.07) is 7.27. The molecule has 22 heavy (non-hydrogen) atoms. The number of nitrogens with one attached hydrogen (secondary N) is 2. The Bertz CT molecular complexity index is 460. The van der Waals surface area contributed by atoms with Crippen molar-refractivity contribution in [2.75, 3.05) is 26.8 Å². The van der Waals surface area contributed by atoms with Crippen LogP contribution in [0.15, 0.2) is 24.3 Å². The molecule has 0 atom stereocenters. The SMILES string of the molecule is CCCNC(=O)CNC(=O)CCCOc1ccc(OC)cc1. The Kier molecular flexibility index (Phi) is 8.49. The van der Waals surface area contributed by atoms with Gasteiger partial charge in [0.05, 0.1) is 20.3 Å². The Morgan fingerprint density at radius 2 is 1.73 bits per heavy atom. The molecule has 0 spiro atoms. The summed E-state index contributed by atoms with van der Waals surface area (Å²) in [6.45, 7) is 3.08. The third-order valence-electron chi connectivity index (χ3n) is 2.89. The molecule has 0 aliphatic carbocycles. The molecular formula is C16H24N2O4. The molecule has 122 valence electrons. The Hall–Kier alpha value is -2.24. The minimum Gasteiger partial charge on any atom is -0.497 e. The molecule has 0 unspecified atom stereocenters. The third kappa shape index (κ3) is 7.52. The van der Waals surface area contributed by atoms with Gasteiger partial charge in [0, 0.05) is 13.0 Å². The predicted octanol–water partition coefficient (Wildman–Crippen LogP) is 1.50. The van der Waals surface area contributed by atoms with Crippen molar-refractivity contribution in [2.45, 2.75) is 26.2 Å². The van der Waals surface area contributed by atoms with Crippen LogP contribution in [0.3, 0.4) is 0 Å². The first-order valence-corrected chi connectivity index (χ1v) is 7.46. The van der Waals surface area contributed by atoms with Crippen LogP contribution in [0.25, 0.3) is 0 Å². The normalized spacial score (nSPS) is 9.91. The maximum Gasteiger partial charge on any atom is 0.239 e. The van der Waals surface area contributed by atoms with Crippen LogP contribution in [-0.4, -0.2) is 38.6 Å². The smallest absolute Gasteiger partial charge is 0.239 e. The Morgan fingerprint density at radius 3 is 2.36 bits per heavy atom. The van der Waals surface area contributed by atoms with E-state index in [1.54, 1.807) is 7.11 Å². The first kappa shape index (κ1) is 17.8. The van der Waals surface area contributed by atoms with Crippen molar-refractivity contribution in [3.05, 3.63) is 24.3 Å². The second-order valence-corrected chi connectivity index (χ2v) is 4.75. The molecule has 0 saturated heterocycles. The minimum absolute atomic E-state index is 0.0260. The van der Waals surface area contributed by atoms with E-state index in [2.05, 4.69) is 10.6 Å². The lowest BCUT2D eigenvalue weighted by molar-refractivity contribution is -0.126. The first-order chi connectivity index (χ1) is 10.7. The second kappa shape index (κ2) is 10.5. The van der Waals surface area contributed by atoms with E-state index in [1.807, 2.05) is 31.2 Å². The minimum atomic E-state index is -0.162. The van der Waals surface area contributed by atoms with Gasteiger partial charge in [0.15, 0.2) is 0 Å². The van der Waals surface area contributed by atoms with Gasteiger partial charge in [-0.05, 0) is 37.1 Å². The maximum atomic E-state index is 11.6. The van der Waals surface area contributed by atoms with Crippen LogP contribution in [0.1, 0.15) is 26.2 Å². The molecule has 6 heteroatoms. The van der Waals surface area contributed by atoms with Gasteiger partial charge in [0.2, 0.25) is 11.8 Å². The van der Waals surface area contributed by atoms with Crippen LogP contribution >= 0.6 is 0 Å². The van der Waals surface area contributed by atoms with Gasteiger partial charge >= 0.3 is 0 Å². The van der Waals surface area contributed by atoms with Crippen LogP contribution in [0, 0.1) is 0 Å². The molecule has 0 aliphatic rings. The van der Waals surface area contributed by atoms with E-state index >= 15 is 0 Å². The van der Waals surface area contributed by atoms with Gasteiger partial charge in [-0.1, -0.05) is 6.92 Å². The van der Waals surface area contributed by atoms with Crippen molar-refractivity contribution < 1.29 is 19.1 Å².